The number of non-ortho nitro benzene ring substituents is 1. The van der Waals surface area contributed by atoms with Crippen molar-refractivity contribution >= 4 is 29.0 Å². The van der Waals surface area contributed by atoms with Gasteiger partial charge in [-0.05, 0) is 22.8 Å². The van der Waals surface area contributed by atoms with Gasteiger partial charge in [0.2, 0.25) is 5.91 Å². The zero-order valence-corrected chi connectivity index (χ0v) is 19.4. The lowest BCUT2D eigenvalue weighted by Crippen LogP contribution is -2.28. The molecule has 4 aromatic carbocycles. The van der Waals surface area contributed by atoms with E-state index in [2.05, 4.69) is 41.7 Å². The molecule has 35 heavy (non-hydrogen) atoms. The van der Waals surface area contributed by atoms with Crippen LogP contribution in [0.25, 0.3) is 0 Å². The second-order valence-corrected chi connectivity index (χ2v) is 8.90. The van der Waals surface area contributed by atoms with Crippen molar-refractivity contribution in [3.8, 4) is 6.07 Å². The molecule has 0 unspecified atom stereocenters. The topological polar surface area (TPSA) is 96.0 Å². The summed E-state index contributed by atoms with van der Waals surface area (Å²) >= 11 is 1.47. The lowest BCUT2D eigenvalue weighted by Gasteiger charge is -2.35. The summed E-state index contributed by atoms with van der Waals surface area (Å²) in [7, 11) is 0. The van der Waals surface area contributed by atoms with Crippen LogP contribution in [0, 0.1) is 21.4 Å². The third kappa shape index (κ3) is 5.08. The summed E-state index contributed by atoms with van der Waals surface area (Å²) < 4.78 is -0.658. The third-order valence-electron chi connectivity index (χ3n) is 5.57. The molecule has 0 aliphatic rings. The van der Waals surface area contributed by atoms with Gasteiger partial charge in [-0.25, -0.2) is 0 Å². The summed E-state index contributed by atoms with van der Waals surface area (Å²) in [5.74, 6) is -0.229. The van der Waals surface area contributed by atoms with Crippen molar-refractivity contribution in [1.82, 2.24) is 0 Å². The number of nitriles is 1. The standard InChI is InChI=1S/C28H21N3O3S/c29-19-21-18-25(31(33)34)16-17-26(21)30-27(32)20-35-28(22-10-4-1-5-11-22,23-12-6-2-7-13-23)24-14-8-3-9-15-24/h1-18H,20H2,(H,30,32). The predicted octanol–water partition coefficient (Wildman–Crippen LogP) is 6.13. The molecule has 0 bridgehead atoms. The van der Waals surface area contributed by atoms with Crippen molar-refractivity contribution in [2.45, 2.75) is 4.75 Å². The fourth-order valence-electron chi connectivity index (χ4n) is 3.98. The monoisotopic (exact) mass is 479 g/mol. The molecule has 1 N–H and O–H groups in total. The highest BCUT2D eigenvalue weighted by atomic mass is 32.2. The van der Waals surface area contributed by atoms with Gasteiger partial charge in [-0.2, -0.15) is 5.26 Å². The van der Waals surface area contributed by atoms with Crippen LogP contribution < -0.4 is 5.32 Å². The molecule has 0 heterocycles. The Morgan fingerprint density at radius 1 is 0.857 bits per heavy atom. The van der Waals surface area contributed by atoms with Crippen LogP contribution in [-0.4, -0.2) is 16.6 Å². The van der Waals surface area contributed by atoms with E-state index in [1.54, 1.807) is 0 Å². The number of nitrogens with one attached hydrogen (secondary N) is 1. The maximum absolute atomic E-state index is 13.1. The van der Waals surface area contributed by atoms with Crippen molar-refractivity contribution in [2.75, 3.05) is 11.1 Å². The average Bonchev–Trinajstić information content (AvgIpc) is 2.91. The van der Waals surface area contributed by atoms with Crippen LogP contribution in [0.15, 0.2) is 109 Å². The third-order valence-corrected chi connectivity index (χ3v) is 7.12. The van der Waals surface area contributed by atoms with Crippen LogP contribution in [0.4, 0.5) is 11.4 Å². The number of thioether (sulfide) groups is 1. The number of nitrogens with zero attached hydrogens (tertiary/aromatic N) is 2. The fraction of sp³-hybridized carbons (Fsp3) is 0.0714. The number of benzene rings is 4. The number of nitro groups is 1. The number of rotatable bonds is 8. The van der Waals surface area contributed by atoms with Crippen LogP contribution in [0.2, 0.25) is 0 Å². The largest absolute Gasteiger partial charge is 0.324 e. The van der Waals surface area contributed by atoms with Gasteiger partial charge >= 0.3 is 0 Å². The van der Waals surface area contributed by atoms with E-state index >= 15 is 0 Å². The molecule has 0 saturated heterocycles. The summed E-state index contributed by atoms with van der Waals surface area (Å²) in [6.45, 7) is 0. The first-order valence-corrected chi connectivity index (χ1v) is 11.8. The molecule has 4 aromatic rings. The van der Waals surface area contributed by atoms with Crippen molar-refractivity contribution in [3.63, 3.8) is 0 Å². The molecule has 0 aliphatic heterocycles. The molecule has 0 radical (unpaired) electrons. The van der Waals surface area contributed by atoms with Crippen molar-refractivity contribution in [2.24, 2.45) is 0 Å². The van der Waals surface area contributed by atoms with Gasteiger partial charge in [0.05, 0.1) is 26.7 Å². The number of nitro benzene ring substituents is 1. The van der Waals surface area contributed by atoms with Gasteiger partial charge in [-0.15, -0.1) is 11.8 Å². The van der Waals surface area contributed by atoms with Crippen molar-refractivity contribution < 1.29 is 9.72 Å². The minimum atomic E-state index is -0.658. The summed E-state index contributed by atoms with van der Waals surface area (Å²) in [6.07, 6.45) is 0. The van der Waals surface area contributed by atoms with Gasteiger partial charge in [0.15, 0.2) is 0 Å². The van der Waals surface area contributed by atoms with Crippen LogP contribution in [0.3, 0.4) is 0 Å². The number of hydrogen-bond donors (Lipinski definition) is 1. The predicted molar refractivity (Wildman–Crippen MR) is 138 cm³/mol. The van der Waals surface area contributed by atoms with E-state index in [1.165, 1.54) is 23.9 Å². The molecule has 1 amide bonds. The van der Waals surface area contributed by atoms with Crippen molar-refractivity contribution in [1.29, 1.82) is 5.26 Å². The van der Waals surface area contributed by atoms with Gasteiger partial charge < -0.3 is 5.32 Å². The molecular weight excluding hydrogens is 458 g/mol. The molecule has 0 saturated carbocycles. The molecule has 0 fully saturated rings. The SMILES string of the molecule is N#Cc1cc([N+](=O)[O-])ccc1NC(=O)CSC(c1ccccc1)(c1ccccc1)c1ccccc1. The molecular formula is C28H21N3O3S. The Labute approximate surface area is 207 Å². The van der Waals surface area contributed by atoms with Gasteiger partial charge in [-0.3, -0.25) is 14.9 Å². The highest BCUT2D eigenvalue weighted by Gasteiger charge is 2.37. The van der Waals surface area contributed by atoms with E-state index < -0.39 is 9.67 Å². The molecule has 4 rings (SSSR count). The highest BCUT2D eigenvalue weighted by molar-refractivity contribution is 8.01. The Balaban J connectivity index is 1.70. The Kier molecular flexibility index (Phi) is 7.24. The van der Waals surface area contributed by atoms with Gasteiger partial charge in [0.1, 0.15) is 6.07 Å². The summed E-state index contributed by atoms with van der Waals surface area (Å²) in [4.78, 5) is 23.5. The van der Waals surface area contributed by atoms with Crippen LogP contribution in [-0.2, 0) is 9.54 Å². The lowest BCUT2D eigenvalue weighted by atomic mass is 9.84. The molecule has 6 nitrogen and oxygen atoms in total. The van der Waals surface area contributed by atoms with Crippen LogP contribution in [0.1, 0.15) is 22.3 Å². The van der Waals surface area contributed by atoms with Gasteiger partial charge in [-0.1, -0.05) is 91.0 Å². The van der Waals surface area contributed by atoms with E-state index in [0.717, 1.165) is 22.8 Å². The molecule has 0 spiro atoms. The Hall–Kier alpha value is -4.41. The maximum atomic E-state index is 13.1. The molecule has 172 valence electrons. The second-order valence-electron chi connectivity index (χ2n) is 7.71. The zero-order chi connectivity index (χ0) is 24.7. The Morgan fingerprint density at radius 2 is 1.34 bits per heavy atom. The van der Waals surface area contributed by atoms with E-state index in [9.17, 15) is 20.2 Å². The molecule has 0 atom stereocenters. The number of carbonyl (C=O) groups is 1. The van der Waals surface area contributed by atoms with Gasteiger partial charge in [0.25, 0.3) is 5.69 Å². The van der Waals surface area contributed by atoms with Crippen molar-refractivity contribution in [3.05, 3.63) is 142 Å². The summed E-state index contributed by atoms with van der Waals surface area (Å²) in [5, 5.41) is 23.2. The second kappa shape index (κ2) is 10.7. The fourth-order valence-corrected chi connectivity index (χ4v) is 5.30. The Bertz CT molecular complexity index is 1270. The minimum Gasteiger partial charge on any atom is -0.324 e. The smallest absolute Gasteiger partial charge is 0.270 e. The first-order chi connectivity index (χ1) is 17.0. The minimum absolute atomic E-state index is 0.0398. The van der Waals surface area contributed by atoms with Gasteiger partial charge in [0, 0.05) is 12.1 Å². The number of carbonyl (C=O) groups excluding carboxylic acids is 1. The first-order valence-electron chi connectivity index (χ1n) is 10.8. The Morgan fingerprint density at radius 3 is 1.77 bits per heavy atom. The van der Waals surface area contributed by atoms with E-state index in [4.69, 9.17) is 0 Å². The first kappa shape index (κ1) is 23.7. The molecule has 7 heteroatoms. The highest BCUT2D eigenvalue weighted by Crippen LogP contribution is 2.48. The average molecular weight is 480 g/mol. The maximum Gasteiger partial charge on any atom is 0.270 e. The summed E-state index contributed by atoms with van der Waals surface area (Å²) in [6, 6.07) is 35.8. The van der Waals surface area contributed by atoms with E-state index in [0.29, 0.717) is 0 Å². The normalized spacial score (nSPS) is 10.8. The quantitative estimate of drug-likeness (QED) is 0.186. The number of amides is 1. The molecule has 0 aromatic heterocycles. The lowest BCUT2D eigenvalue weighted by molar-refractivity contribution is -0.384. The number of anilines is 1. The number of hydrogen-bond acceptors (Lipinski definition) is 5. The molecule has 0 aliphatic carbocycles. The van der Waals surface area contributed by atoms with E-state index in [1.807, 2.05) is 60.7 Å². The van der Waals surface area contributed by atoms with E-state index in [-0.39, 0.29) is 28.6 Å². The van der Waals surface area contributed by atoms with Crippen LogP contribution >= 0.6 is 11.8 Å². The van der Waals surface area contributed by atoms with Crippen LogP contribution in [0.5, 0.6) is 0 Å². The summed E-state index contributed by atoms with van der Waals surface area (Å²) in [5.41, 5.74) is 3.17. The zero-order valence-electron chi connectivity index (χ0n) is 18.6.